The molecule has 5 nitrogen and oxygen atoms in total. The molecule has 0 amide bonds. The van der Waals surface area contributed by atoms with E-state index in [1.54, 1.807) is 13.8 Å². The summed E-state index contributed by atoms with van der Waals surface area (Å²) in [6, 6.07) is 5.92. The minimum atomic E-state index is -3.48. The van der Waals surface area contributed by atoms with Gasteiger partial charge in [0.25, 0.3) is 0 Å². The maximum Gasteiger partial charge on any atom is 0.243 e. The van der Waals surface area contributed by atoms with Gasteiger partial charge in [-0.15, -0.1) is 12.4 Å². The third-order valence-corrected chi connectivity index (χ3v) is 4.95. The zero-order valence-electron chi connectivity index (χ0n) is 12.7. The Bertz CT molecular complexity index is 572. The van der Waals surface area contributed by atoms with E-state index in [0.717, 1.165) is 0 Å². The van der Waals surface area contributed by atoms with Gasteiger partial charge in [-0.2, -0.15) is 4.31 Å². The molecule has 8 heteroatoms. The third kappa shape index (κ3) is 5.57. The lowest BCUT2D eigenvalue weighted by Crippen LogP contribution is -2.30. The molecule has 0 bridgehead atoms. The van der Waals surface area contributed by atoms with Crippen molar-refractivity contribution in [2.24, 2.45) is 5.73 Å². The summed E-state index contributed by atoms with van der Waals surface area (Å²) in [6.45, 7) is 4.27. The fourth-order valence-corrected chi connectivity index (χ4v) is 3.22. The van der Waals surface area contributed by atoms with Crippen LogP contribution >= 0.6 is 12.4 Å². The van der Waals surface area contributed by atoms with E-state index in [4.69, 9.17) is 10.5 Å². The van der Waals surface area contributed by atoms with E-state index in [9.17, 15) is 12.8 Å². The highest BCUT2D eigenvalue weighted by molar-refractivity contribution is 7.89. The maximum atomic E-state index is 13.1. The molecule has 2 N–H and O–H groups in total. The van der Waals surface area contributed by atoms with Crippen molar-refractivity contribution in [3.63, 3.8) is 0 Å². The molecule has 0 spiro atoms. The van der Waals surface area contributed by atoms with Gasteiger partial charge in [-0.1, -0.05) is 13.8 Å². The number of nitrogens with zero attached hydrogens (tertiary/aromatic N) is 1. The quantitative estimate of drug-likeness (QED) is 0.779. The van der Waals surface area contributed by atoms with Crippen LogP contribution < -0.4 is 10.5 Å². The van der Waals surface area contributed by atoms with E-state index in [-0.39, 0.29) is 30.5 Å². The van der Waals surface area contributed by atoms with Crippen molar-refractivity contribution in [1.82, 2.24) is 4.31 Å². The zero-order chi connectivity index (χ0) is 15.9. The van der Waals surface area contributed by atoms with Crippen molar-refractivity contribution in [1.29, 1.82) is 0 Å². The number of ether oxygens (including phenoxy) is 1. The Morgan fingerprint density at radius 3 is 2.27 bits per heavy atom. The van der Waals surface area contributed by atoms with Crippen molar-refractivity contribution >= 4 is 22.4 Å². The van der Waals surface area contributed by atoms with Gasteiger partial charge in [0.2, 0.25) is 10.0 Å². The Morgan fingerprint density at radius 2 is 1.82 bits per heavy atom. The molecule has 0 aliphatic carbocycles. The second-order valence-corrected chi connectivity index (χ2v) is 6.17. The highest BCUT2D eigenvalue weighted by Gasteiger charge is 2.21. The van der Waals surface area contributed by atoms with Gasteiger partial charge in [0.15, 0.2) is 0 Å². The average Bonchev–Trinajstić information content (AvgIpc) is 2.47. The van der Waals surface area contributed by atoms with Gasteiger partial charge in [0.1, 0.15) is 18.2 Å². The molecule has 126 valence electrons. The molecule has 1 aromatic carbocycles. The molecule has 0 saturated heterocycles. The topological polar surface area (TPSA) is 72.6 Å². The number of benzene rings is 1. The smallest absolute Gasteiger partial charge is 0.243 e. The molecule has 0 unspecified atom stereocenters. The lowest BCUT2D eigenvalue weighted by atomic mass is 10.3. The van der Waals surface area contributed by atoms with Crippen molar-refractivity contribution < 1.29 is 17.5 Å². The summed E-state index contributed by atoms with van der Waals surface area (Å²) < 4.78 is 44.2. The molecule has 0 saturated carbocycles. The summed E-state index contributed by atoms with van der Waals surface area (Å²) in [4.78, 5) is 0.191. The molecular formula is C14H22ClFN2O3S. The monoisotopic (exact) mass is 352 g/mol. The molecule has 0 aromatic heterocycles. The van der Waals surface area contributed by atoms with Crippen molar-refractivity contribution in [2.45, 2.75) is 18.7 Å². The normalized spacial score (nSPS) is 12.1. The van der Waals surface area contributed by atoms with Crippen LogP contribution in [-0.4, -0.2) is 39.0 Å². The van der Waals surface area contributed by atoms with Crippen molar-refractivity contribution in [2.75, 3.05) is 26.2 Å². The van der Waals surface area contributed by atoms with Crippen molar-refractivity contribution in [3.05, 3.63) is 36.2 Å². The molecule has 0 aliphatic rings. The van der Waals surface area contributed by atoms with Crippen LogP contribution in [0.1, 0.15) is 13.8 Å². The first-order valence-corrected chi connectivity index (χ1v) is 8.17. The van der Waals surface area contributed by atoms with Crippen LogP contribution in [0.2, 0.25) is 0 Å². The van der Waals surface area contributed by atoms with E-state index < -0.39 is 15.9 Å². The Morgan fingerprint density at radius 1 is 1.27 bits per heavy atom. The Hall–Kier alpha value is -1.15. The molecular weight excluding hydrogens is 331 g/mol. The van der Waals surface area contributed by atoms with Crippen LogP contribution in [0.15, 0.2) is 41.1 Å². The van der Waals surface area contributed by atoms with Gasteiger partial charge >= 0.3 is 0 Å². The molecule has 0 radical (unpaired) electrons. The minimum Gasteiger partial charge on any atom is -0.487 e. The van der Waals surface area contributed by atoms with Crippen LogP contribution in [0.5, 0.6) is 5.75 Å². The standard InChI is InChI=1S/C14H21FN2O3S.ClH/c1-3-17(4-2)21(18,19)14-7-5-13(6-8-14)20-11-12(15)9-10-16;/h5-9H,3-4,10-11,16H2,1-2H3;1H/b12-9-;. The molecule has 1 rings (SSSR count). The first-order valence-electron chi connectivity index (χ1n) is 6.73. The van der Waals surface area contributed by atoms with Crippen LogP contribution in [0.25, 0.3) is 0 Å². The average molecular weight is 353 g/mol. The van der Waals surface area contributed by atoms with E-state index in [1.165, 1.54) is 34.6 Å². The van der Waals surface area contributed by atoms with Gasteiger partial charge in [0.05, 0.1) is 4.90 Å². The first kappa shape index (κ1) is 20.9. The molecule has 22 heavy (non-hydrogen) atoms. The predicted octanol–water partition coefficient (Wildman–Crippen LogP) is 2.33. The van der Waals surface area contributed by atoms with E-state index in [2.05, 4.69) is 0 Å². The number of halogens is 2. The van der Waals surface area contributed by atoms with Crippen LogP contribution in [0.4, 0.5) is 4.39 Å². The Kier molecular flexibility index (Phi) is 9.27. The highest BCUT2D eigenvalue weighted by Crippen LogP contribution is 2.19. The predicted molar refractivity (Wildman–Crippen MR) is 87.5 cm³/mol. The zero-order valence-corrected chi connectivity index (χ0v) is 14.3. The van der Waals surface area contributed by atoms with Crippen LogP contribution in [0.3, 0.4) is 0 Å². The summed E-state index contributed by atoms with van der Waals surface area (Å²) in [5, 5.41) is 0. The summed E-state index contributed by atoms with van der Waals surface area (Å²) in [5.41, 5.74) is 5.18. The number of rotatable bonds is 8. The lowest BCUT2D eigenvalue weighted by Gasteiger charge is -2.18. The summed E-state index contributed by atoms with van der Waals surface area (Å²) in [7, 11) is -3.48. The fourth-order valence-electron chi connectivity index (χ4n) is 1.76. The van der Waals surface area contributed by atoms with Crippen LogP contribution in [-0.2, 0) is 10.0 Å². The van der Waals surface area contributed by atoms with E-state index in [0.29, 0.717) is 18.8 Å². The molecule has 0 aliphatic heterocycles. The summed E-state index contributed by atoms with van der Waals surface area (Å²) >= 11 is 0. The SMILES string of the molecule is CCN(CC)S(=O)(=O)c1ccc(OC/C(F)=C/CN)cc1.Cl. The molecule has 0 fully saturated rings. The third-order valence-electron chi connectivity index (χ3n) is 2.88. The van der Waals surface area contributed by atoms with Crippen molar-refractivity contribution in [3.8, 4) is 5.75 Å². The minimum absolute atomic E-state index is 0. The van der Waals surface area contributed by atoms with Gasteiger partial charge < -0.3 is 10.5 Å². The van der Waals surface area contributed by atoms with Gasteiger partial charge in [-0.25, -0.2) is 12.8 Å². The molecule has 1 aromatic rings. The molecule has 0 heterocycles. The summed E-state index contributed by atoms with van der Waals surface area (Å²) in [6.07, 6.45) is 1.22. The van der Waals surface area contributed by atoms with Gasteiger partial charge in [-0.05, 0) is 30.3 Å². The number of sulfonamides is 1. The highest BCUT2D eigenvalue weighted by atomic mass is 35.5. The molecule has 0 atom stereocenters. The number of nitrogens with two attached hydrogens (primary N) is 1. The second-order valence-electron chi connectivity index (χ2n) is 4.24. The Balaban J connectivity index is 0.00000441. The van der Waals surface area contributed by atoms with E-state index >= 15 is 0 Å². The van der Waals surface area contributed by atoms with Gasteiger partial charge in [0, 0.05) is 19.6 Å². The summed E-state index contributed by atoms with van der Waals surface area (Å²) in [5.74, 6) is -0.0635. The lowest BCUT2D eigenvalue weighted by molar-refractivity contribution is 0.318. The van der Waals surface area contributed by atoms with E-state index in [1.807, 2.05) is 0 Å². The van der Waals surface area contributed by atoms with Gasteiger partial charge in [-0.3, -0.25) is 0 Å². The first-order chi connectivity index (χ1) is 9.95. The number of hydrogen-bond acceptors (Lipinski definition) is 4. The van der Waals surface area contributed by atoms with Crippen LogP contribution in [0, 0.1) is 0 Å². The Labute approximate surface area is 137 Å². The second kappa shape index (κ2) is 9.78. The maximum absolute atomic E-state index is 13.1. The largest absolute Gasteiger partial charge is 0.487 e. The fraction of sp³-hybridized carbons (Fsp3) is 0.429. The number of hydrogen-bond donors (Lipinski definition) is 1.